The third-order valence-corrected chi connectivity index (χ3v) is 6.43. The molecule has 1 aliphatic carbocycles. The lowest BCUT2D eigenvalue weighted by atomic mass is 9.83. The SMILES string of the molecule is Cc1ccc(S(=O)(=O)Cc2ccc3c(c2)C(=O)c2ccccc2C3=O)cc1. The molecule has 0 saturated carbocycles. The van der Waals surface area contributed by atoms with Crippen LogP contribution < -0.4 is 0 Å². The number of fused-ring (bicyclic) bond motifs is 2. The fourth-order valence-corrected chi connectivity index (χ4v) is 4.62. The first-order chi connectivity index (χ1) is 12.9. The van der Waals surface area contributed by atoms with Crippen molar-refractivity contribution in [2.24, 2.45) is 0 Å². The molecule has 5 heteroatoms. The number of benzene rings is 3. The highest BCUT2D eigenvalue weighted by Gasteiger charge is 2.29. The molecule has 0 unspecified atom stereocenters. The van der Waals surface area contributed by atoms with Gasteiger partial charge < -0.3 is 0 Å². The van der Waals surface area contributed by atoms with E-state index in [0.717, 1.165) is 5.56 Å². The summed E-state index contributed by atoms with van der Waals surface area (Å²) in [6, 6.07) is 18.0. The smallest absolute Gasteiger partial charge is 0.194 e. The lowest BCUT2D eigenvalue weighted by Crippen LogP contribution is -2.21. The summed E-state index contributed by atoms with van der Waals surface area (Å²) < 4.78 is 25.3. The summed E-state index contributed by atoms with van der Waals surface area (Å²) in [5.74, 6) is -0.699. The van der Waals surface area contributed by atoms with Gasteiger partial charge in [-0.05, 0) is 36.8 Å². The summed E-state index contributed by atoms with van der Waals surface area (Å²) in [5.41, 5.74) is 2.77. The minimum atomic E-state index is -3.54. The van der Waals surface area contributed by atoms with Gasteiger partial charge in [0.15, 0.2) is 21.4 Å². The molecule has 134 valence electrons. The molecule has 3 aromatic carbocycles. The van der Waals surface area contributed by atoms with Crippen molar-refractivity contribution in [3.05, 3.63) is 100 Å². The second-order valence-corrected chi connectivity index (χ2v) is 8.65. The second kappa shape index (κ2) is 6.28. The summed E-state index contributed by atoms with van der Waals surface area (Å²) >= 11 is 0. The minimum absolute atomic E-state index is 0.215. The van der Waals surface area contributed by atoms with Crippen molar-refractivity contribution < 1.29 is 18.0 Å². The van der Waals surface area contributed by atoms with E-state index >= 15 is 0 Å². The zero-order valence-electron chi connectivity index (χ0n) is 14.6. The Hall–Kier alpha value is -3.05. The largest absolute Gasteiger partial charge is 0.289 e. The van der Waals surface area contributed by atoms with Gasteiger partial charge in [-0.3, -0.25) is 9.59 Å². The summed E-state index contributed by atoms with van der Waals surface area (Å²) in [6.07, 6.45) is 0. The van der Waals surface area contributed by atoms with E-state index in [1.807, 2.05) is 6.92 Å². The van der Waals surface area contributed by atoms with Crippen LogP contribution in [0.25, 0.3) is 0 Å². The first kappa shape index (κ1) is 17.4. The highest BCUT2D eigenvalue weighted by atomic mass is 32.2. The molecule has 0 amide bonds. The van der Waals surface area contributed by atoms with Gasteiger partial charge in [-0.1, -0.05) is 48.0 Å². The summed E-state index contributed by atoms with van der Waals surface area (Å²) in [7, 11) is -3.54. The first-order valence-electron chi connectivity index (χ1n) is 8.47. The molecule has 0 heterocycles. The van der Waals surface area contributed by atoms with Gasteiger partial charge in [-0.15, -0.1) is 0 Å². The molecule has 3 aromatic rings. The van der Waals surface area contributed by atoms with Crippen LogP contribution in [0.3, 0.4) is 0 Å². The highest BCUT2D eigenvalue weighted by molar-refractivity contribution is 7.90. The van der Waals surface area contributed by atoms with Crippen molar-refractivity contribution >= 4 is 21.4 Å². The maximum Gasteiger partial charge on any atom is 0.194 e. The first-order valence-corrected chi connectivity index (χ1v) is 10.1. The summed E-state index contributed by atoms with van der Waals surface area (Å²) in [5, 5.41) is 0. The number of hydrogen-bond donors (Lipinski definition) is 0. The van der Waals surface area contributed by atoms with Crippen LogP contribution in [0.5, 0.6) is 0 Å². The number of ketones is 2. The van der Waals surface area contributed by atoms with Gasteiger partial charge >= 0.3 is 0 Å². The third kappa shape index (κ3) is 3.00. The maximum absolute atomic E-state index is 12.8. The molecule has 0 fully saturated rings. The van der Waals surface area contributed by atoms with E-state index in [1.165, 1.54) is 6.07 Å². The number of carbonyl (C=O) groups excluding carboxylic acids is 2. The molecule has 0 bridgehead atoms. The molecule has 0 saturated heterocycles. The van der Waals surface area contributed by atoms with Crippen molar-refractivity contribution in [2.75, 3.05) is 0 Å². The molecule has 0 aliphatic heterocycles. The number of rotatable bonds is 3. The van der Waals surface area contributed by atoms with Gasteiger partial charge in [-0.25, -0.2) is 8.42 Å². The topological polar surface area (TPSA) is 68.3 Å². The van der Waals surface area contributed by atoms with Crippen molar-refractivity contribution in [3.63, 3.8) is 0 Å². The molecule has 27 heavy (non-hydrogen) atoms. The van der Waals surface area contributed by atoms with Gasteiger partial charge in [0, 0.05) is 22.3 Å². The Balaban J connectivity index is 1.72. The van der Waals surface area contributed by atoms with Crippen molar-refractivity contribution in [3.8, 4) is 0 Å². The predicted octanol–water partition coefficient (Wildman–Crippen LogP) is 3.74. The maximum atomic E-state index is 12.8. The Morgan fingerprint density at radius 2 is 1.26 bits per heavy atom. The average Bonchev–Trinajstić information content (AvgIpc) is 2.66. The zero-order chi connectivity index (χ0) is 19.2. The lowest BCUT2D eigenvalue weighted by Gasteiger charge is -2.18. The van der Waals surface area contributed by atoms with Gasteiger partial charge in [0.05, 0.1) is 10.6 Å². The molecule has 1 aliphatic rings. The number of aryl methyl sites for hydroxylation is 1. The Morgan fingerprint density at radius 3 is 1.89 bits per heavy atom. The molecule has 0 atom stereocenters. The quantitative estimate of drug-likeness (QED) is 0.546. The van der Waals surface area contributed by atoms with E-state index in [0.29, 0.717) is 22.3 Å². The van der Waals surface area contributed by atoms with Crippen molar-refractivity contribution in [1.82, 2.24) is 0 Å². The second-order valence-electron chi connectivity index (χ2n) is 6.66. The Labute approximate surface area is 157 Å². The van der Waals surface area contributed by atoms with Crippen LogP contribution in [0.1, 0.15) is 43.0 Å². The number of carbonyl (C=O) groups is 2. The minimum Gasteiger partial charge on any atom is -0.289 e. The standard InChI is InChI=1S/C22H16O4S/c1-14-6-9-16(10-7-14)27(25,26)13-15-8-11-19-20(12-15)22(24)18-5-3-2-4-17(18)21(19)23/h2-12H,13H2,1H3. The van der Waals surface area contributed by atoms with Crippen molar-refractivity contribution in [1.29, 1.82) is 0 Å². The zero-order valence-corrected chi connectivity index (χ0v) is 15.4. The van der Waals surface area contributed by atoms with E-state index < -0.39 is 9.84 Å². The third-order valence-electron chi connectivity index (χ3n) is 4.73. The molecule has 4 rings (SSSR count). The van der Waals surface area contributed by atoms with E-state index in [-0.39, 0.29) is 27.8 Å². The molecular weight excluding hydrogens is 360 g/mol. The van der Waals surface area contributed by atoms with E-state index in [9.17, 15) is 18.0 Å². The molecule has 0 N–H and O–H groups in total. The molecule has 4 nitrogen and oxygen atoms in total. The molecule has 0 radical (unpaired) electrons. The normalized spacial score (nSPS) is 13.2. The molecule has 0 aromatic heterocycles. The van der Waals surface area contributed by atoms with Gasteiger partial charge in [0.1, 0.15) is 0 Å². The van der Waals surface area contributed by atoms with E-state index in [2.05, 4.69) is 0 Å². The highest BCUT2D eigenvalue weighted by Crippen LogP contribution is 2.29. The summed E-state index contributed by atoms with van der Waals surface area (Å²) in [6.45, 7) is 1.89. The fourth-order valence-electron chi connectivity index (χ4n) is 3.28. The van der Waals surface area contributed by atoms with Crippen LogP contribution in [-0.4, -0.2) is 20.0 Å². The van der Waals surface area contributed by atoms with Crippen LogP contribution in [0.2, 0.25) is 0 Å². The van der Waals surface area contributed by atoms with Crippen molar-refractivity contribution in [2.45, 2.75) is 17.6 Å². The van der Waals surface area contributed by atoms with Crippen LogP contribution >= 0.6 is 0 Å². The van der Waals surface area contributed by atoms with E-state index in [1.54, 1.807) is 60.7 Å². The number of sulfone groups is 1. The summed E-state index contributed by atoms with van der Waals surface area (Å²) in [4.78, 5) is 25.6. The average molecular weight is 376 g/mol. The van der Waals surface area contributed by atoms with Gasteiger partial charge in [0.25, 0.3) is 0 Å². The van der Waals surface area contributed by atoms with E-state index in [4.69, 9.17) is 0 Å². The molecular formula is C22H16O4S. The van der Waals surface area contributed by atoms with Crippen LogP contribution in [-0.2, 0) is 15.6 Å². The van der Waals surface area contributed by atoms with Crippen LogP contribution in [0.4, 0.5) is 0 Å². The Bertz CT molecular complexity index is 1190. The molecule has 0 spiro atoms. The lowest BCUT2D eigenvalue weighted by molar-refractivity contribution is 0.0979. The van der Waals surface area contributed by atoms with Crippen LogP contribution in [0, 0.1) is 6.92 Å². The fraction of sp³-hybridized carbons (Fsp3) is 0.0909. The Morgan fingerprint density at radius 1 is 0.704 bits per heavy atom. The van der Waals surface area contributed by atoms with Gasteiger partial charge in [-0.2, -0.15) is 0 Å². The van der Waals surface area contributed by atoms with Crippen LogP contribution in [0.15, 0.2) is 71.6 Å². The monoisotopic (exact) mass is 376 g/mol. The van der Waals surface area contributed by atoms with Gasteiger partial charge in [0.2, 0.25) is 0 Å². The number of hydrogen-bond acceptors (Lipinski definition) is 4. The Kier molecular flexibility index (Phi) is 4.04. The predicted molar refractivity (Wildman–Crippen MR) is 102 cm³/mol.